The van der Waals surface area contributed by atoms with Crippen LogP contribution in [0.25, 0.3) is 0 Å². The second-order valence-corrected chi connectivity index (χ2v) is 3.24. The second kappa shape index (κ2) is 4.80. The molecular formula is C9H10ClN3O3. The minimum atomic E-state index is -0.677. The number of halogens is 1. The van der Waals surface area contributed by atoms with E-state index in [1.807, 2.05) is 0 Å². The molecule has 0 atom stereocenters. The van der Waals surface area contributed by atoms with E-state index in [0.29, 0.717) is 0 Å². The first-order valence-electron chi connectivity index (χ1n) is 4.32. The summed E-state index contributed by atoms with van der Waals surface area (Å²) < 4.78 is 0. The summed E-state index contributed by atoms with van der Waals surface area (Å²) in [5, 5.41) is 11.3. The third-order valence-corrected chi connectivity index (χ3v) is 2.16. The number of aromatic nitrogens is 1. The number of rotatable bonds is 2. The Kier molecular flexibility index (Phi) is 3.68. The molecule has 0 saturated carbocycles. The van der Waals surface area contributed by atoms with Crippen molar-refractivity contribution in [2.75, 3.05) is 14.1 Å². The van der Waals surface area contributed by atoms with Gasteiger partial charge in [0, 0.05) is 20.2 Å². The van der Waals surface area contributed by atoms with Crippen LogP contribution in [0.4, 0.5) is 0 Å². The standard InChI is InChI=1S/C9H10ClN3O3/c1-11-6(9(16)12-2)4-3-5(14)7(15)8(10)13-4/h3,15H,1-2H3,(H,12,16)(H,13,14). The van der Waals surface area contributed by atoms with Crippen molar-refractivity contribution in [3.05, 3.63) is 27.1 Å². The average Bonchev–Trinajstić information content (AvgIpc) is 2.26. The van der Waals surface area contributed by atoms with Gasteiger partial charge in [-0.05, 0) is 0 Å². The van der Waals surface area contributed by atoms with E-state index in [9.17, 15) is 9.59 Å². The molecule has 0 aliphatic carbocycles. The molecule has 0 radical (unpaired) electrons. The van der Waals surface area contributed by atoms with Crippen molar-refractivity contribution in [1.29, 1.82) is 0 Å². The van der Waals surface area contributed by atoms with Crippen LogP contribution in [0.1, 0.15) is 5.69 Å². The molecule has 7 heteroatoms. The number of carbonyl (C=O) groups is 1. The highest BCUT2D eigenvalue weighted by molar-refractivity contribution is 6.45. The van der Waals surface area contributed by atoms with E-state index in [4.69, 9.17) is 16.7 Å². The fourth-order valence-electron chi connectivity index (χ4n) is 1.11. The van der Waals surface area contributed by atoms with E-state index in [1.165, 1.54) is 14.1 Å². The quantitative estimate of drug-likeness (QED) is 0.500. The van der Waals surface area contributed by atoms with Crippen LogP contribution in [0.3, 0.4) is 0 Å². The molecule has 0 unspecified atom stereocenters. The van der Waals surface area contributed by atoms with Crippen molar-refractivity contribution in [2.45, 2.75) is 0 Å². The normalized spacial score (nSPS) is 11.3. The van der Waals surface area contributed by atoms with Crippen molar-refractivity contribution in [1.82, 2.24) is 10.3 Å². The molecule has 86 valence electrons. The molecular weight excluding hydrogens is 234 g/mol. The molecule has 0 aliphatic rings. The van der Waals surface area contributed by atoms with Gasteiger partial charge in [0.2, 0.25) is 5.43 Å². The van der Waals surface area contributed by atoms with Crippen LogP contribution >= 0.6 is 11.6 Å². The van der Waals surface area contributed by atoms with E-state index in [-0.39, 0.29) is 16.6 Å². The number of pyridine rings is 1. The number of hydrogen-bond donors (Lipinski definition) is 3. The molecule has 0 bridgehead atoms. The van der Waals surface area contributed by atoms with Gasteiger partial charge in [-0.1, -0.05) is 11.6 Å². The Morgan fingerprint density at radius 3 is 2.69 bits per heavy atom. The van der Waals surface area contributed by atoms with Gasteiger partial charge in [-0.2, -0.15) is 0 Å². The van der Waals surface area contributed by atoms with Gasteiger partial charge >= 0.3 is 0 Å². The fraction of sp³-hybridized carbons (Fsp3) is 0.222. The molecule has 6 nitrogen and oxygen atoms in total. The van der Waals surface area contributed by atoms with Gasteiger partial charge < -0.3 is 15.4 Å². The van der Waals surface area contributed by atoms with Gasteiger partial charge in [-0.25, -0.2) is 0 Å². The van der Waals surface area contributed by atoms with Crippen LogP contribution < -0.4 is 10.7 Å². The fourth-order valence-corrected chi connectivity index (χ4v) is 1.31. The molecule has 0 saturated heterocycles. The van der Waals surface area contributed by atoms with E-state index in [1.54, 1.807) is 0 Å². The first kappa shape index (κ1) is 12.3. The summed E-state index contributed by atoms with van der Waals surface area (Å²) >= 11 is 5.58. The number of nitrogens with zero attached hydrogens (tertiary/aromatic N) is 1. The van der Waals surface area contributed by atoms with Gasteiger partial charge in [0.25, 0.3) is 5.91 Å². The zero-order valence-corrected chi connectivity index (χ0v) is 9.42. The molecule has 1 aromatic rings. The molecule has 1 rings (SSSR count). The van der Waals surface area contributed by atoms with Gasteiger partial charge in [-0.3, -0.25) is 14.6 Å². The number of amides is 1. The van der Waals surface area contributed by atoms with E-state index < -0.39 is 17.1 Å². The summed E-state index contributed by atoms with van der Waals surface area (Å²) in [4.78, 5) is 28.9. The van der Waals surface area contributed by atoms with Crippen LogP contribution in [0, 0.1) is 0 Å². The Bertz CT molecular complexity index is 507. The van der Waals surface area contributed by atoms with Crippen molar-refractivity contribution in [3.63, 3.8) is 0 Å². The molecule has 0 fully saturated rings. The summed E-state index contributed by atoms with van der Waals surface area (Å²) in [6.45, 7) is 0. The Morgan fingerprint density at radius 1 is 1.62 bits per heavy atom. The van der Waals surface area contributed by atoms with Crippen molar-refractivity contribution < 1.29 is 9.90 Å². The molecule has 3 N–H and O–H groups in total. The lowest BCUT2D eigenvalue weighted by atomic mass is 10.2. The largest absolute Gasteiger partial charge is 0.502 e. The van der Waals surface area contributed by atoms with Crippen LogP contribution in [-0.4, -0.2) is 35.8 Å². The minimum absolute atomic E-state index is 0.0292. The first-order chi connectivity index (χ1) is 7.51. The van der Waals surface area contributed by atoms with E-state index in [2.05, 4.69) is 15.3 Å². The third kappa shape index (κ3) is 2.22. The lowest BCUT2D eigenvalue weighted by Crippen LogP contribution is -2.29. The Labute approximate surface area is 96.0 Å². The topological polar surface area (TPSA) is 94.6 Å². The van der Waals surface area contributed by atoms with Crippen LogP contribution in [0.15, 0.2) is 15.9 Å². The van der Waals surface area contributed by atoms with Gasteiger partial charge in [0.1, 0.15) is 5.71 Å². The molecule has 1 aromatic heterocycles. The van der Waals surface area contributed by atoms with Crippen LogP contribution in [0.2, 0.25) is 5.15 Å². The number of aromatic amines is 1. The maximum absolute atomic E-state index is 11.4. The van der Waals surface area contributed by atoms with Crippen molar-refractivity contribution in [3.8, 4) is 5.75 Å². The van der Waals surface area contributed by atoms with Gasteiger partial charge in [0.05, 0.1) is 5.69 Å². The predicted molar refractivity (Wildman–Crippen MR) is 60.3 cm³/mol. The SMILES string of the molecule is CN=C(C(=O)NC)c1cc(=O)c(O)c(Cl)[nH]1. The van der Waals surface area contributed by atoms with Crippen LogP contribution in [0.5, 0.6) is 5.75 Å². The maximum atomic E-state index is 11.4. The Morgan fingerprint density at radius 2 is 2.25 bits per heavy atom. The maximum Gasteiger partial charge on any atom is 0.271 e. The summed E-state index contributed by atoms with van der Waals surface area (Å²) in [6.07, 6.45) is 0. The van der Waals surface area contributed by atoms with E-state index in [0.717, 1.165) is 6.07 Å². The molecule has 1 amide bonds. The summed E-state index contributed by atoms with van der Waals surface area (Å²) in [6, 6.07) is 1.05. The van der Waals surface area contributed by atoms with E-state index >= 15 is 0 Å². The average molecular weight is 244 g/mol. The second-order valence-electron chi connectivity index (χ2n) is 2.86. The number of nitrogens with one attached hydrogen (secondary N) is 2. The van der Waals surface area contributed by atoms with Crippen molar-refractivity contribution >= 4 is 23.2 Å². The summed E-state index contributed by atoms with van der Waals surface area (Å²) in [5.41, 5.74) is -0.500. The highest BCUT2D eigenvalue weighted by Crippen LogP contribution is 2.15. The third-order valence-electron chi connectivity index (χ3n) is 1.88. The lowest BCUT2D eigenvalue weighted by Gasteiger charge is -2.05. The Balaban J connectivity index is 3.34. The number of aliphatic imine (C=N–C) groups is 1. The molecule has 0 aromatic carbocycles. The monoisotopic (exact) mass is 243 g/mol. The summed E-state index contributed by atoms with van der Waals surface area (Å²) in [7, 11) is 2.84. The number of likely N-dealkylation sites (N-methyl/N-ethyl adjacent to an activating group) is 1. The number of H-pyrrole nitrogens is 1. The predicted octanol–water partition coefficient (Wildman–Crippen LogP) is -0.101. The van der Waals surface area contributed by atoms with Gasteiger partial charge in [-0.15, -0.1) is 0 Å². The molecule has 16 heavy (non-hydrogen) atoms. The lowest BCUT2D eigenvalue weighted by molar-refractivity contribution is -0.114. The number of aromatic hydroxyl groups is 1. The highest BCUT2D eigenvalue weighted by Gasteiger charge is 2.15. The molecule has 0 spiro atoms. The zero-order valence-electron chi connectivity index (χ0n) is 8.67. The van der Waals surface area contributed by atoms with Crippen molar-refractivity contribution in [2.24, 2.45) is 4.99 Å². The number of hydrogen-bond acceptors (Lipinski definition) is 4. The molecule has 1 heterocycles. The zero-order chi connectivity index (χ0) is 12.3. The van der Waals surface area contributed by atoms with Gasteiger partial charge in [0.15, 0.2) is 10.9 Å². The first-order valence-corrected chi connectivity index (χ1v) is 4.70. The smallest absolute Gasteiger partial charge is 0.271 e. The summed E-state index contributed by atoms with van der Waals surface area (Å²) in [5.74, 6) is -1.04. The number of carbonyl (C=O) groups excluding carboxylic acids is 1. The Hall–Kier alpha value is -1.82. The highest BCUT2D eigenvalue weighted by atomic mass is 35.5. The van der Waals surface area contributed by atoms with Crippen LogP contribution in [-0.2, 0) is 4.79 Å². The minimum Gasteiger partial charge on any atom is -0.502 e. The molecule has 0 aliphatic heterocycles.